The summed E-state index contributed by atoms with van der Waals surface area (Å²) in [6, 6.07) is 24.3. The predicted molar refractivity (Wildman–Crippen MR) is 168 cm³/mol. The van der Waals surface area contributed by atoms with E-state index in [1.54, 1.807) is 26.4 Å². The van der Waals surface area contributed by atoms with Crippen LogP contribution in [0, 0.1) is 5.41 Å². The topological polar surface area (TPSA) is 99.8 Å². The van der Waals surface area contributed by atoms with Crippen molar-refractivity contribution < 1.29 is 14.3 Å². The Kier molecular flexibility index (Phi) is 8.33. The number of hydrogen-bond donors (Lipinski definition) is 2. The zero-order chi connectivity index (χ0) is 29.8. The monoisotopic (exact) mass is 581 g/mol. The second-order valence-corrected chi connectivity index (χ2v) is 11.7. The van der Waals surface area contributed by atoms with Crippen molar-refractivity contribution in [3.05, 3.63) is 94.3 Å². The summed E-state index contributed by atoms with van der Waals surface area (Å²) >= 11 is 0. The number of anilines is 1. The first-order valence-corrected chi connectivity index (χ1v) is 15.0. The van der Waals surface area contributed by atoms with Gasteiger partial charge in [-0.05, 0) is 42.9 Å². The molecular formula is C34H39N5O4. The van der Waals surface area contributed by atoms with Crippen molar-refractivity contribution in [1.29, 1.82) is 0 Å². The molecule has 2 fully saturated rings. The van der Waals surface area contributed by atoms with Crippen molar-refractivity contribution in [2.24, 2.45) is 5.41 Å². The largest absolute Gasteiger partial charge is 0.493 e. The number of H-pyrrole nitrogens is 1. The molecule has 9 heteroatoms. The number of likely N-dealkylation sites (tertiary alicyclic amines) is 1. The Balaban J connectivity index is 1.18. The van der Waals surface area contributed by atoms with Gasteiger partial charge < -0.3 is 19.7 Å². The first-order chi connectivity index (χ1) is 21.0. The highest BCUT2D eigenvalue weighted by Crippen LogP contribution is 2.37. The minimum atomic E-state index is -0.543. The standard InChI is InChI=1S/C34H39N5O4/c1-42-29-19-27-28(20-30(29)43-2)36-33(37-31(27)40)39-17-14-34(15-18-39,21-24-9-5-3-6-10-24)32(41)35-26-13-16-38(23-26)22-25-11-7-4-8-12-25/h3-12,19-20,26H,13-18,21-23H2,1-2H3,(H,35,41)(H,36,37,40). The maximum absolute atomic E-state index is 14.1. The molecule has 1 amide bonds. The molecule has 0 spiro atoms. The average Bonchev–Trinajstić information content (AvgIpc) is 3.48. The lowest BCUT2D eigenvalue weighted by Gasteiger charge is -2.41. The number of nitrogens with one attached hydrogen (secondary N) is 2. The molecule has 6 rings (SSSR count). The van der Waals surface area contributed by atoms with Crippen molar-refractivity contribution >= 4 is 22.8 Å². The Hall–Kier alpha value is -4.37. The van der Waals surface area contributed by atoms with Gasteiger partial charge in [0.15, 0.2) is 11.5 Å². The second kappa shape index (κ2) is 12.5. The number of aromatic nitrogens is 2. The Morgan fingerprint density at radius 3 is 2.28 bits per heavy atom. The van der Waals surface area contributed by atoms with Crippen LogP contribution < -0.4 is 25.2 Å². The van der Waals surface area contributed by atoms with Crippen molar-refractivity contribution in [3.8, 4) is 11.5 Å². The van der Waals surface area contributed by atoms with Crippen LogP contribution in [-0.4, -0.2) is 67.2 Å². The molecule has 4 aromatic rings. The molecule has 1 atom stereocenters. The summed E-state index contributed by atoms with van der Waals surface area (Å²) in [6.07, 6.45) is 2.93. The number of rotatable bonds is 9. The van der Waals surface area contributed by atoms with E-state index in [0.717, 1.165) is 31.6 Å². The van der Waals surface area contributed by atoms with Crippen LogP contribution in [0.4, 0.5) is 5.95 Å². The number of ether oxygens (including phenoxy) is 2. The molecule has 0 radical (unpaired) electrons. The first-order valence-electron chi connectivity index (χ1n) is 15.0. The molecule has 0 saturated carbocycles. The van der Waals surface area contributed by atoms with Crippen LogP contribution in [0.1, 0.15) is 30.4 Å². The molecule has 2 saturated heterocycles. The van der Waals surface area contributed by atoms with E-state index in [2.05, 4.69) is 56.5 Å². The van der Waals surface area contributed by atoms with Crippen molar-refractivity contribution in [1.82, 2.24) is 20.2 Å². The van der Waals surface area contributed by atoms with Crippen LogP contribution in [-0.2, 0) is 17.8 Å². The van der Waals surface area contributed by atoms with Gasteiger partial charge in [0, 0.05) is 44.8 Å². The van der Waals surface area contributed by atoms with Gasteiger partial charge in [0.05, 0.1) is 30.5 Å². The van der Waals surface area contributed by atoms with Gasteiger partial charge in [-0.15, -0.1) is 0 Å². The molecule has 1 unspecified atom stereocenters. The summed E-state index contributed by atoms with van der Waals surface area (Å²) in [6.45, 7) is 3.92. The SMILES string of the molecule is COc1cc2nc(N3CCC(Cc4ccccc4)(C(=O)NC4CCN(Cc5ccccc5)C4)CC3)[nH]c(=O)c2cc1OC. The average molecular weight is 582 g/mol. The first kappa shape index (κ1) is 28.7. The third-order valence-corrected chi connectivity index (χ3v) is 8.94. The minimum Gasteiger partial charge on any atom is -0.493 e. The highest BCUT2D eigenvalue weighted by Gasteiger charge is 2.43. The van der Waals surface area contributed by atoms with Gasteiger partial charge in [0.1, 0.15) is 0 Å². The second-order valence-electron chi connectivity index (χ2n) is 11.7. The molecule has 2 aliphatic heterocycles. The van der Waals surface area contributed by atoms with Gasteiger partial charge >= 0.3 is 0 Å². The molecule has 43 heavy (non-hydrogen) atoms. The fourth-order valence-electron chi connectivity index (χ4n) is 6.49. The van der Waals surface area contributed by atoms with Crippen molar-refractivity contribution in [2.45, 2.75) is 38.3 Å². The lowest BCUT2D eigenvalue weighted by molar-refractivity contribution is -0.133. The Morgan fingerprint density at radius 1 is 0.953 bits per heavy atom. The van der Waals surface area contributed by atoms with Crippen LogP contribution >= 0.6 is 0 Å². The van der Waals surface area contributed by atoms with Crippen molar-refractivity contribution in [3.63, 3.8) is 0 Å². The van der Waals surface area contributed by atoms with E-state index < -0.39 is 5.41 Å². The van der Waals surface area contributed by atoms with E-state index in [1.165, 1.54) is 5.56 Å². The number of carbonyl (C=O) groups is 1. The number of benzene rings is 3. The van der Waals surface area contributed by atoms with E-state index in [9.17, 15) is 9.59 Å². The summed E-state index contributed by atoms with van der Waals surface area (Å²) in [5.74, 6) is 1.63. The lowest BCUT2D eigenvalue weighted by atomic mass is 9.72. The third kappa shape index (κ3) is 6.22. The summed E-state index contributed by atoms with van der Waals surface area (Å²) < 4.78 is 10.8. The number of hydrogen-bond acceptors (Lipinski definition) is 7. The molecule has 0 bridgehead atoms. The third-order valence-electron chi connectivity index (χ3n) is 8.94. The Labute approximate surface area is 251 Å². The molecule has 2 aliphatic rings. The summed E-state index contributed by atoms with van der Waals surface area (Å²) in [5.41, 5.74) is 2.21. The highest BCUT2D eigenvalue weighted by atomic mass is 16.5. The van der Waals surface area contributed by atoms with Crippen molar-refractivity contribution in [2.75, 3.05) is 45.3 Å². The summed E-state index contributed by atoms with van der Waals surface area (Å²) in [4.78, 5) is 39.4. The number of piperidine rings is 1. The molecule has 224 valence electrons. The van der Waals surface area contributed by atoms with E-state index in [0.29, 0.717) is 60.7 Å². The van der Waals surface area contributed by atoms with Crippen LogP contribution in [0.5, 0.6) is 11.5 Å². The van der Waals surface area contributed by atoms with E-state index in [-0.39, 0.29) is 17.5 Å². The minimum absolute atomic E-state index is 0.124. The zero-order valence-corrected chi connectivity index (χ0v) is 24.8. The normalized spacial score (nSPS) is 18.5. The highest BCUT2D eigenvalue weighted by molar-refractivity contribution is 5.84. The van der Waals surface area contributed by atoms with E-state index in [4.69, 9.17) is 14.5 Å². The summed E-state index contributed by atoms with van der Waals surface area (Å²) in [5, 5.41) is 3.88. The molecule has 3 heterocycles. The van der Waals surface area contributed by atoms with Gasteiger partial charge in [0.2, 0.25) is 11.9 Å². The van der Waals surface area contributed by atoms with E-state index >= 15 is 0 Å². The molecule has 1 aromatic heterocycles. The van der Waals surface area contributed by atoms with Crippen LogP contribution in [0.15, 0.2) is 77.6 Å². The smallest absolute Gasteiger partial charge is 0.260 e. The van der Waals surface area contributed by atoms with Gasteiger partial charge in [-0.3, -0.25) is 19.5 Å². The molecule has 9 nitrogen and oxygen atoms in total. The van der Waals surface area contributed by atoms with Gasteiger partial charge in [0.25, 0.3) is 5.56 Å². The van der Waals surface area contributed by atoms with Crippen LogP contribution in [0.3, 0.4) is 0 Å². The van der Waals surface area contributed by atoms with Gasteiger partial charge in [-0.25, -0.2) is 4.98 Å². The van der Waals surface area contributed by atoms with Crippen LogP contribution in [0.2, 0.25) is 0 Å². The maximum Gasteiger partial charge on any atom is 0.260 e. The summed E-state index contributed by atoms with van der Waals surface area (Å²) in [7, 11) is 3.10. The number of amides is 1. The maximum atomic E-state index is 14.1. The van der Waals surface area contributed by atoms with Gasteiger partial charge in [-0.1, -0.05) is 60.7 Å². The lowest BCUT2D eigenvalue weighted by Crippen LogP contribution is -2.53. The Bertz CT molecular complexity index is 1620. The molecular weight excluding hydrogens is 542 g/mol. The number of carbonyl (C=O) groups excluding carboxylic acids is 1. The fourth-order valence-corrected chi connectivity index (χ4v) is 6.49. The predicted octanol–water partition coefficient (Wildman–Crippen LogP) is 4.16. The quantitative estimate of drug-likeness (QED) is 0.306. The molecule has 2 N–H and O–H groups in total. The van der Waals surface area contributed by atoms with Gasteiger partial charge in [-0.2, -0.15) is 0 Å². The molecule has 0 aliphatic carbocycles. The zero-order valence-electron chi connectivity index (χ0n) is 24.8. The van der Waals surface area contributed by atoms with Crippen LogP contribution in [0.25, 0.3) is 10.9 Å². The number of nitrogens with zero attached hydrogens (tertiary/aromatic N) is 3. The fraction of sp³-hybridized carbons (Fsp3) is 0.382. The number of aromatic amines is 1. The molecule has 3 aromatic carbocycles. The Morgan fingerprint density at radius 2 is 1.60 bits per heavy atom. The number of fused-ring (bicyclic) bond motifs is 1. The number of methoxy groups -OCH3 is 2. The van der Waals surface area contributed by atoms with E-state index in [1.807, 2.05) is 24.3 Å².